The number of hydrogen-bond acceptors (Lipinski definition) is 4. The molecule has 1 aliphatic rings. The summed E-state index contributed by atoms with van der Waals surface area (Å²) in [5, 5.41) is 8.46. The van der Waals surface area contributed by atoms with Gasteiger partial charge in [-0.2, -0.15) is 5.26 Å². The summed E-state index contributed by atoms with van der Waals surface area (Å²) in [6.07, 6.45) is 0. The summed E-state index contributed by atoms with van der Waals surface area (Å²) in [4.78, 5) is 0.199. The summed E-state index contributed by atoms with van der Waals surface area (Å²) < 4.78 is 26.4. The van der Waals surface area contributed by atoms with E-state index in [9.17, 15) is 13.7 Å². The van der Waals surface area contributed by atoms with Crippen molar-refractivity contribution in [2.24, 2.45) is 5.73 Å². The second-order valence-electron chi connectivity index (χ2n) is 5.35. The van der Waals surface area contributed by atoms with Crippen molar-refractivity contribution in [2.75, 3.05) is 0 Å². The first-order valence-corrected chi connectivity index (χ1v) is 9.00. The lowest BCUT2D eigenvalue weighted by Gasteiger charge is -2.04. The molecule has 4 nitrogen and oxygen atoms in total. The molecule has 1 saturated carbocycles. The molecule has 0 amide bonds. The van der Waals surface area contributed by atoms with Crippen molar-refractivity contribution in [3.05, 3.63) is 64.6 Å². The van der Waals surface area contributed by atoms with Crippen molar-refractivity contribution in [3.63, 3.8) is 0 Å². The number of hydrogen-bond donors (Lipinski definition) is 1. The largest absolute Gasteiger partial charge is 0.312 e. The number of nitrogens with zero attached hydrogens (tertiary/aromatic N) is 1. The quantitative estimate of drug-likeness (QED) is 0.891. The van der Waals surface area contributed by atoms with Gasteiger partial charge in [-0.3, -0.25) is 0 Å². The number of halogens is 1. The van der Waals surface area contributed by atoms with E-state index in [1.165, 1.54) is 12.1 Å². The molecule has 0 aliphatic heterocycles. The van der Waals surface area contributed by atoms with Gasteiger partial charge in [0.2, 0.25) is 0 Å². The van der Waals surface area contributed by atoms with Gasteiger partial charge in [0.25, 0.3) is 0 Å². The molecule has 3 rings (SSSR count). The molecular formula is C16H13BrN2O2S. The summed E-state index contributed by atoms with van der Waals surface area (Å²) in [5.41, 5.74) is 5.45. The molecule has 3 atom stereocenters. The van der Waals surface area contributed by atoms with E-state index < -0.39 is 26.5 Å². The minimum atomic E-state index is -3.65. The van der Waals surface area contributed by atoms with Gasteiger partial charge in [-0.1, -0.05) is 46.3 Å². The van der Waals surface area contributed by atoms with Crippen LogP contribution in [0.15, 0.2) is 64.0 Å². The lowest BCUT2D eigenvalue weighted by atomic mass is 10.1. The molecule has 6 heteroatoms. The lowest BCUT2D eigenvalue weighted by molar-refractivity contribution is 0.592. The van der Waals surface area contributed by atoms with Gasteiger partial charge in [-0.15, -0.1) is 0 Å². The first kappa shape index (κ1) is 15.2. The van der Waals surface area contributed by atoms with E-state index in [0.29, 0.717) is 0 Å². The van der Waals surface area contributed by atoms with Crippen molar-refractivity contribution < 1.29 is 8.42 Å². The average Bonchev–Trinajstić information content (AvgIpc) is 3.17. The van der Waals surface area contributed by atoms with E-state index in [1.54, 1.807) is 30.3 Å². The van der Waals surface area contributed by atoms with Crippen LogP contribution in [0.1, 0.15) is 11.5 Å². The molecule has 0 unspecified atom stereocenters. The van der Waals surface area contributed by atoms with Gasteiger partial charge in [-0.25, -0.2) is 8.42 Å². The Bertz CT molecular complexity index is 844. The van der Waals surface area contributed by atoms with Crippen LogP contribution in [0, 0.1) is 11.3 Å². The van der Waals surface area contributed by atoms with Crippen molar-refractivity contribution >= 4 is 25.8 Å². The van der Waals surface area contributed by atoms with Crippen molar-refractivity contribution in [1.82, 2.24) is 0 Å². The maximum Gasteiger partial charge on any atom is 0.184 e. The highest BCUT2D eigenvalue weighted by molar-refractivity contribution is 9.10. The van der Waals surface area contributed by atoms with Crippen LogP contribution in [0.2, 0.25) is 0 Å². The molecule has 1 fully saturated rings. The number of nitriles is 1. The smallest absolute Gasteiger partial charge is 0.184 e. The SMILES string of the molecule is N#C[C@]1(N)[C@H](c2ccc(Br)cc2)[C@@H]1S(=O)(=O)c1ccccc1. The Morgan fingerprint density at radius 3 is 2.23 bits per heavy atom. The topological polar surface area (TPSA) is 83.9 Å². The number of nitrogens with two attached hydrogens (primary N) is 1. The van der Waals surface area contributed by atoms with E-state index in [0.717, 1.165) is 10.0 Å². The van der Waals surface area contributed by atoms with Crippen molar-refractivity contribution in [2.45, 2.75) is 21.6 Å². The summed E-state index contributed by atoms with van der Waals surface area (Å²) >= 11 is 3.34. The van der Waals surface area contributed by atoms with Crippen LogP contribution in [0.4, 0.5) is 0 Å². The van der Waals surface area contributed by atoms with Gasteiger partial charge in [0, 0.05) is 10.4 Å². The third kappa shape index (κ3) is 2.26. The van der Waals surface area contributed by atoms with Gasteiger partial charge in [-0.05, 0) is 29.8 Å². The molecular weight excluding hydrogens is 364 g/mol. The zero-order valence-electron chi connectivity index (χ0n) is 11.5. The van der Waals surface area contributed by atoms with Crippen LogP contribution in [-0.4, -0.2) is 19.2 Å². The first-order valence-electron chi connectivity index (χ1n) is 6.66. The standard InChI is InChI=1S/C16H13BrN2O2S/c17-12-8-6-11(7-9-12)14-15(16(14,19)10-18)22(20,21)13-4-2-1-3-5-13/h1-9,14-15H,19H2/t14-,15+,16+/m1/s1. The lowest BCUT2D eigenvalue weighted by Crippen LogP contribution is -2.29. The number of sulfone groups is 1. The van der Waals surface area contributed by atoms with Crippen LogP contribution in [-0.2, 0) is 9.84 Å². The fourth-order valence-electron chi connectivity index (χ4n) is 2.82. The minimum Gasteiger partial charge on any atom is -0.312 e. The van der Waals surface area contributed by atoms with Crippen molar-refractivity contribution in [1.29, 1.82) is 5.26 Å². The normalized spacial score (nSPS) is 27.1. The molecule has 112 valence electrons. The fraction of sp³-hybridized carbons (Fsp3) is 0.188. The highest BCUT2D eigenvalue weighted by Gasteiger charge is 2.70. The van der Waals surface area contributed by atoms with Crippen LogP contribution in [0.25, 0.3) is 0 Å². The molecule has 22 heavy (non-hydrogen) atoms. The van der Waals surface area contributed by atoms with Gasteiger partial charge in [0.15, 0.2) is 9.84 Å². The van der Waals surface area contributed by atoms with E-state index in [-0.39, 0.29) is 4.90 Å². The Kier molecular flexibility index (Phi) is 3.60. The van der Waals surface area contributed by atoms with Gasteiger partial charge in [0.1, 0.15) is 10.8 Å². The summed E-state index contributed by atoms with van der Waals surface area (Å²) in [6, 6.07) is 17.4. The molecule has 0 saturated heterocycles. The van der Waals surface area contributed by atoms with E-state index >= 15 is 0 Å². The van der Waals surface area contributed by atoms with Gasteiger partial charge >= 0.3 is 0 Å². The third-order valence-corrected chi connectivity index (χ3v) is 6.80. The van der Waals surface area contributed by atoms with Crippen molar-refractivity contribution in [3.8, 4) is 6.07 Å². The molecule has 2 N–H and O–H groups in total. The van der Waals surface area contributed by atoms with Crippen LogP contribution < -0.4 is 5.73 Å². The molecule has 0 aromatic heterocycles. The van der Waals surface area contributed by atoms with Crippen LogP contribution >= 0.6 is 15.9 Å². The second kappa shape index (κ2) is 5.20. The van der Waals surface area contributed by atoms with Crippen LogP contribution in [0.3, 0.4) is 0 Å². The predicted octanol–water partition coefficient (Wildman–Crippen LogP) is 2.61. The summed E-state index contributed by atoms with van der Waals surface area (Å²) in [6.45, 7) is 0. The molecule has 2 aromatic carbocycles. The summed E-state index contributed by atoms with van der Waals surface area (Å²) in [5.74, 6) is -0.518. The van der Waals surface area contributed by atoms with Gasteiger partial charge < -0.3 is 5.73 Å². The molecule has 1 aliphatic carbocycles. The highest BCUT2D eigenvalue weighted by atomic mass is 79.9. The molecule has 0 spiro atoms. The Morgan fingerprint density at radius 2 is 1.68 bits per heavy atom. The number of rotatable bonds is 3. The zero-order chi connectivity index (χ0) is 16.0. The van der Waals surface area contributed by atoms with E-state index in [2.05, 4.69) is 15.9 Å². The molecule has 0 heterocycles. The van der Waals surface area contributed by atoms with Gasteiger partial charge in [0.05, 0.1) is 11.0 Å². The van der Waals surface area contributed by atoms with Crippen LogP contribution in [0.5, 0.6) is 0 Å². The Labute approximate surface area is 137 Å². The Hall–Kier alpha value is -1.68. The maximum atomic E-state index is 12.8. The maximum absolute atomic E-state index is 12.8. The zero-order valence-corrected chi connectivity index (χ0v) is 13.9. The summed E-state index contributed by atoms with van der Waals surface area (Å²) in [7, 11) is -3.65. The van der Waals surface area contributed by atoms with E-state index in [1.807, 2.05) is 18.2 Å². The highest BCUT2D eigenvalue weighted by Crippen LogP contribution is 2.55. The predicted molar refractivity (Wildman–Crippen MR) is 86.8 cm³/mol. The second-order valence-corrected chi connectivity index (χ2v) is 8.34. The molecule has 2 aromatic rings. The van der Waals surface area contributed by atoms with E-state index in [4.69, 9.17) is 5.73 Å². The Balaban J connectivity index is 2.04. The molecule has 0 radical (unpaired) electrons. The Morgan fingerprint density at radius 1 is 1.09 bits per heavy atom. The third-order valence-electron chi connectivity index (χ3n) is 4.01. The average molecular weight is 377 g/mol. The molecule has 0 bridgehead atoms. The monoisotopic (exact) mass is 376 g/mol. The first-order chi connectivity index (χ1) is 10.4. The fourth-order valence-corrected chi connectivity index (χ4v) is 5.29. The minimum absolute atomic E-state index is 0.199. The number of benzene rings is 2.